The van der Waals surface area contributed by atoms with Crippen LogP contribution < -0.4 is 10.1 Å². The van der Waals surface area contributed by atoms with Gasteiger partial charge in [-0.1, -0.05) is 24.8 Å². The average Bonchev–Trinajstić information content (AvgIpc) is 3.54. The molecule has 1 aliphatic carbocycles. The Bertz CT molecular complexity index is 920. The van der Waals surface area contributed by atoms with Crippen LogP contribution in [-0.2, 0) is 22.6 Å². The van der Waals surface area contributed by atoms with Gasteiger partial charge in [-0.3, -0.25) is 9.59 Å². The van der Waals surface area contributed by atoms with Gasteiger partial charge in [0, 0.05) is 24.7 Å². The summed E-state index contributed by atoms with van der Waals surface area (Å²) >= 11 is 0. The van der Waals surface area contributed by atoms with Crippen LogP contribution >= 0.6 is 0 Å². The van der Waals surface area contributed by atoms with Crippen molar-refractivity contribution in [3.8, 4) is 5.75 Å². The van der Waals surface area contributed by atoms with Crippen LogP contribution in [0.5, 0.6) is 5.75 Å². The van der Waals surface area contributed by atoms with Gasteiger partial charge >= 0.3 is 0 Å². The number of hydrogen-bond acceptors (Lipinski definition) is 3. The summed E-state index contributed by atoms with van der Waals surface area (Å²) in [5.74, 6) is 1.09. The first-order valence-electron chi connectivity index (χ1n) is 9.57. The van der Waals surface area contributed by atoms with Crippen LogP contribution in [0.4, 0.5) is 5.69 Å². The van der Waals surface area contributed by atoms with E-state index in [9.17, 15) is 9.59 Å². The Hall–Kier alpha value is -3.08. The number of amides is 2. The fourth-order valence-corrected chi connectivity index (χ4v) is 3.89. The molecule has 2 amide bonds. The molecule has 1 N–H and O–H groups in total. The van der Waals surface area contributed by atoms with Crippen molar-refractivity contribution in [3.63, 3.8) is 0 Å². The summed E-state index contributed by atoms with van der Waals surface area (Å²) in [7, 11) is 1.65. The van der Waals surface area contributed by atoms with Gasteiger partial charge in [-0.25, -0.2) is 0 Å². The van der Waals surface area contributed by atoms with Crippen LogP contribution in [0.25, 0.3) is 0 Å². The Morgan fingerprint density at radius 1 is 1.18 bits per heavy atom. The van der Waals surface area contributed by atoms with Crippen LogP contribution in [-0.4, -0.2) is 30.4 Å². The maximum atomic E-state index is 12.7. The summed E-state index contributed by atoms with van der Waals surface area (Å²) in [4.78, 5) is 26.3. The Kier molecular flexibility index (Phi) is 4.90. The van der Waals surface area contributed by atoms with Crippen LogP contribution in [0.3, 0.4) is 0 Å². The molecule has 144 valence electrons. The highest BCUT2D eigenvalue weighted by Gasteiger charge is 2.43. The van der Waals surface area contributed by atoms with E-state index in [-0.39, 0.29) is 23.7 Å². The topological polar surface area (TPSA) is 58.6 Å². The second-order valence-electron chi connectivity index (χ2n) is 7.41. The van der Waals surface area contributed by atoms with E-state index < -0.39 is 0 Å². The van der Waals surface area contributed by atoms with Crippen molar-refractivity contribution in [2.45, 2.75) is 25.3 Å². The van der Waals surface area contributed by atoms with E-state index in [1.807, 2.05) is 36.4 Å². The van der Waals surface area contributed by atoms with Gasteiger partial charge in [0.25, 0.3) is 0 Å². The second kappa shape index (κ2) is 7.50. The number of anilines is 1. The lowest BCUT2D eigenvalue weighted by Crippen LogP contribution is -2.34. The highest BCUT2D eigenvalue weighted by atomic mass is 16.5. The van der Waals surface area contributed by atoms with Gasteiger partial charge in [0.15, 0.2) is 0 Å². The third kappa shape index (κ3) is 3.65. The normalized spacial score (nSPS) is 20.1. The minimum Gasteiger partial charge on any atom is -0.497 e. The van der Waals surface area contributed by atoms with Gasteiger partial charge in [-0.15, -0.1) is 0 Å². The number of carbonyl (C=O) groups excluding carboxylic acids is 2. The molecule has 28 heavy (non-hydrogen) atoms. The molecule has 5 nitrogen and oxygen atoms in total. The van der Waals surface area contributed by atoms with E-state index in [1.165, 1.54) is 17.2 Å². The lowest BCUT2D eigenvalue weighted by Gasteiger charge is -2.28. The molecule has 0 aromatic heterocycles. The minimum absolute atomic E-state index is 0.00303. The number of benzene rings is 2. The summed E-state index contributed by atoms with van der Waals surface area (Å²) in [5, 5.41) is 3.05. The molecule has 2 atom stereocenters. The molecule has 0 saturated heterocycles. The van der Waals surface area contributed by atoms with E-state index in [1.54, 1.807) is 12.0 Å². The van der Waals surface area contributed by atoms with E-state index in [2.05, 4.69) is 18.0 Å². The molecule has 1 aliphatic heterocycles. The van der Waals surface area contributed by atoms with E-state index >= 15 is 0 Å². The zero-order valence-electron chi connectivity index (χ0n) is 16.0. The summed E-state index contributed by atoms with van der Waals surface area (Å²) < 4.78 is 5.19. The monoisotopic (exact) mass is 376 g/mol. The molecule has 0 bridgehead atoms. The Balaban J connectivity index is 1.40. The first-order chi connectivity index (χ1) is 13.6. The smallest absolute Gasteiger partial charge is 0.246 e. The summed E-state index contributed by atoms with van der Waals surface area (Å²) in [6.45, 7) is 4.82. The fourth-order valence-electron chi connectivity index (χ4n) is 3.89. The molecule has 0 spiro atoms. The van der Waals surface area contributed by atoms with Crippen molar-refractivity contribution >= 4 is 17.5 Å². The van der Waals surface area contributed by atoms with Gasteiger partial charge < -0.3 is 15.0 Å². The number of rotatable bonds is 5. The predicted molar refractivity (Wildman–Crippen MR) is 108 cm³/mol. The Morgan fingerprint density at radius 3 is 2.68 bits per heavy atom. The molecule has 0 unspecified atom stereocenters. The third-order valence-corrected chi connectivity index (χ3v) is 5.64. The first kappa shape index (κ1) is 18.3. The molecule has 1 heterocycles. The highest BCUT2D eigenvalue weighted by Crippen LogP contribution is 2.48. The molecule has 2 aromatic carbocycles. The summed E-state index contributed by atoms with van der Waals surface area (Å²) in [5.41, 5.74) is 4.28. The van der Waals surface area contributed by atoms with Crippen molar-refractivity contribution < 1.29 is 14.3 Å². The number of carbonyl (C=O) groups is 2. The summed E-state index contributed by atoms with van der Waals surface area (Å²) in [6, 6.07) is 13.9. The van der Waals surface area contributed by atoms with E-state index in [0.29, 0.717) is 13.1 Å². The standard InChI is InChI=1S/C23H24N2O3/c1-3-22(26)25-11-10-15-4-7-18(12-17(15)14-25)24-23(27)21-13-20(21)16-5-8-19(28-2)9-6-16/h3-9,12,20-21H,1,10-11,13-14H2,2H3,(H,24,27)/t20-,21+/m0/s1. The van der Waals surface area contributed by atoms with E-state index in [0.717, 1.165) is 29.8 Å². The quantitative estimate of drug-likeness (QED) is 0.813. The third-order valence-electron chi connectivity index (χ3n) is 5.64. The maximum Gasteiger partial charge on any atom is 0.246 e. The van der Waals surface area contributed by atoms with Crippen molar-refractivity contribution in [3.05, 3.63) is 71.8 Å². The molecule has 2 aliphatic rings. The summed E-state index contributed by atoms with van der Waals surface area (Å²) in [6.07, 6.45) is 3.04. The SMILES string of the molecule is C=CC(=O)N1CCc2ccc(NC(=O)[C@@H]3C[C@H]3c3ccc(OC)cc3)cc2C1. The molecule has 1 fully saturated rings. The van der Waals surface area contributed by atoms with Crippen LogP contribution in [0.1, 0.15) is 29.0 Å². The van der Waals surface area contributed by atoms with Crippen molar-refractivity contribution in [2.75, 3.05) is 19.0 Å². The van der Waals surface area contributed by atoms with Crippen molar-refractivity contribution in [2.24, 2.45) is 5.92 Å². The average molecular weight is 376 g/mol. The van der Waals surface area contributed by atoms with Crippen LogP contribution in [0.2, 0.25) is 0 Å². The molecule has 2 aromatic rings. The zero-order valence-corrected chi connectivity index (χ0v) is 16.0. The molecule has 5 heteroatoms. The zero-order chi connectivity index (χ0) is 19.7. The molecule has 4 rings (SSSR count). The number of nitrogens with one attached hydrogen (secondary N) is 1. The van der Waals surface area contributed by atoms with Gasteiger partial charge in [0.2, 0.25) is 11.8 Å². The van der Waals surface area contributed by atoms with Crippen LogP contribution in [0, 0.1) is 5.92 Å². The molecular weight excluding hydrogens is 352 g/mol. The molecule has 1 saturated carbocycles. The van der Waals surface area contributed by atoms with Crippen LogP contribution in [0.15, 0.2) is 55.1 Å². The highest BCUT2D eigenvalue weighted by molar-refractivity contribution is 5.95. The van der Waals surface area contributed by atoms with Crippen molar-refractivity contribution in [1.82, 2.24) is 4.90 Å². The lowest BCUT2D eigenvalue weighted by molar-refractivity contribution is -0.126. The largest absolute Gasteiger partial charge is 0.497 e. The number of ether oxygens (including phenoxy) is 1. The van der Waals surface area contributed by atoms with Gasteiger partial charge in [0.1, 0.15) is 5.75 Å². The lowest BCUT2D eigenvalue weighted by atomic mass is 9.99. The predicted octanol–water partition coefficient (Wildman–Crippen LogP) is 3.51. The number of methoxy groups -OCH3 is 1. The first-order valence-corrected chi connectivity index (χ1v) is 9.57. The fraction of sp³-hybridized carbons (Fsp3) is 0.304. The number of hydrogen-bond donors (Lipinski definition) is 1. The van der Waals surface area contributed by atoms with Gasteiger partial charge in [-0.05, 0) is 65.8 Å². The Labute approximate surface area is 165 Å². The molecular formula is C23H24N2O3. The number of nitrogens with zero attached hydrogens (tertiary/aromatic N) is 1. The minimum atomic E-state index is -0.0552. The number of fused-ring (bicyclic) bond motifs is 1. The van der Waals surface area contributed by atoms with Gasteiger partial charge in [0.05, 0.1) is 7.11 Å². The second-order valence-corrected chi connectivity index (χ2v) is 7.41. The van der Waals surface area contributed by atoms with Gasteiger partial charge in [-0.2, -0.15) is 0 Å². The van der Waals surface area contributed by atoms with E-state index in [4.69, 9.17) is 4.74 Å². The maximum absolute atomic E-state index is 12.7. The molecule has 0 radical (unpaired) electrons. The van der Waals surface area contributed by atoms with Crippen molar-refractivity contribution in [1.29, 1.82) is 0 Å². The Morgan fingerprint density at radius 2 is 1.96 bits per heavy atom.